The first-order valence-electron chi connectivity index (χ1n) is 11.7. The number of benzene rings is 4. The molecule has 4 heterocycles. The van der Waals surface area contributed by atoms with Crippen LogP contribution in [0.1, 0.15) is 11.6 Å². The van der Waals surface area contributed by atoms with E-state index in [0.717, 1.165) is 88.1 Å². The highest BCUT2D eigenvalue weighted by atomic mass is 15.1. The highest BCUT2D eigenvalue weighted by Gasteiger charge is 2.16. The molecule has 0 aliphatic carbocycles. The van der Waals surface area contributed by atoms with Gasteiger partial charge in [-0.3, -0.25) is 0 Å². The Labute approximate surface area is 203 Å². The first-order valence-corrected chi connectivity index (χ1v) is 11.7. The third kappa shape index (κ3) is 2.52. The molecule has 0 radical (unpaired) electrons. The smallest absolute Gasteiger partial charge is 0.116 e. The third-order valence-electron chi connectivity index (χ3n) is 7.06. The Morgan fingerprint density at radius 2 is 1.14 bits per heavy atom. The van der Waals surface area contributed by atoms with Gasteiger partial charge in [0.15, 0.2) is 0 Å². The van der Waals surface area contributed by atoms with Crippen LogP contribution in [-0.4, -0.2) is 40.1 Å². The average Bonchev–Trinajstić information content (AvgIpc) is 3.51. The van der Waals surface area contributed by atoms with Gasteiger partial charge in [0, 0.05) is 33.1 Å². The highest BCUT2D eigenvalue weighted by molar-refractivity contribution is 6.24. The minimum Gasteiger partial charge on any atom is -0.342 e. The van der Waals surface area contributed by atoms with Gasteiger partial charge in [-0.25, -0.2) is 19.9 Å². The van der Waals surface area contributed by atoms with Crippen molar-refractivity contribution in [2.24, 2.45) is 0 Å². The molecule has 0 saturated carbocycles. The van der Waals surface area contributed by atoms with Crippen LogP contribution in [0.2, 0.25) is 0 Å². The summed E-state index contributed by atoms with van der Waals surface area (Å²) in [7, 11) is 0. The molecule has 4 aromatic carbocycles. The lowest BCUT2D eigenvalue weighted by Crippen LogP contribution is -1.89. The molecule has 0 aliphatic rings. The monoisotopic (exact) mass is 466 g/mol. The van der Waals surface area contributed by atoms with E-state index in [1.54, 1.807) is 12.5 Å². The van der Waals surface area contributed by atoms with Gasteiger partial charge in [-0.05, 0) is 47.9 Å². The Hall–Kier alpha value is -4.98. The third-order valence-corrected chi connectivity index (χ3v) is 7.06. The van der Waals surface area contributed by atoms with Crippen molar-refractivity contribution in [3.05, 3.63) is 73.0 Å². The normalized spacial score (nSPS) is 12.2. The van der Waals surface area contributed by atoms with Crippen molar-refractivity contribution in [3.8, 4) is 11.1 Å². The molecule has 8 heteroatoms. The van der Waals surface area contributed by atoms with Gasteiger partial charge in [0.2, 0.25) is 0 Å². The van der Waals surface area contributed by atoms with Gasteiger partial charge in [-0.1, -0.05) is 24.3 Å². The summed E-state index contributed by atoms with van der Waals surface area (Å²) in [5, 5.41) is 15.7. The number of nitrogens with zero attached hydrogens (tertiary/aromatic N) is 6. The van der Waals surface area contributed by atoms with Crippen LogP contribution in [0.5, 0.6) is 0 Å². The first-order chi connectivity index (χ1) is 17.7. The molecule has 0 aliphatic heterocycles. The maximum Gasteiger partial charge on any atom is 0.116 e. The predicted molar refractivity (Wildman–Crippen MR) is 142 cm³/mol. The van der Waals surface area contributed by atoms with Crippen molar-refractivity contribution in [1.29, 1.82) is 0 Å². The number of nitrogens with one attached hydrogen (secondary N) is 2. The zero-order valence-electron chi connectivity index (χ0n) is 19.5. The predicted octanol–water partition coefficient (Wildman–Crippen LogP) is 5.92. The molecule has 170 valence electrons. The van der Waals surface area contributed by atoms with Gasteiger partial charge >= 0.3 is 0 Å². The molecule has 0 fully saturated rings. The van der Waals surface area contributed by atoms with E-state index in [1.165, 1.54) is 0 Å². The molecular weight excluding hydrogens is 448 g/mol. The summed E-state index contributed by atoms with van der Waals surface area (Å²) < 4.78 is 0. The second-order valence-electron chi connectivity index (χ2n) is 9.21. The molecule has 36 heavy (non-hydrogen) atoms. The summed E-state index contributed by atoms with van der Waals surface area (Å²) in [5.41, 5.74) is 6.91. The second kappa shape index (κ2) is 6.79. The van der Waals surface area contributed by atoms with Crippen LogP contribution >= 0.6 is 0 Å². The lowest BCUT2D eigenvalue weighted by molar-refractivity contribution is 1.05. The second-order valence-corrected chi connectivity index (χ2v) is 9.21. The average molecular weight is 467 g/mol. The Balaban J connectivity index is 1.45. The summed E-state index contributed by atoms with van der Waals surface area (Å²) >= 11 is 0. The summed E-state index contributed by atoms with van der Waals surface area (Å²) in [6.07, 6.45) is 7.08. The lowest BCUT2D eigenvalue weighted by Gasteiger charge is -2.10. The van der Waals surface area contributed by atoms with Gasteiger partial charge in [-0.15, -0.1) is 0 Å². The van der Waals surface area contributed by atoms with Crippen molar-refractivity contribution in [3.63, 3.8) is 0 Å². The molecule has 8 aromatic rings. The number of hydrogen-bond acceptors (Lipinski definition) is 6. The molecule has 0 atom stereocenters. The molecule has 0 bridgehead atoms. The molecule has 8 nitrogen and oxygen atoms in total. The largest absolute Gasteiger partial charge is 0.342 e. The molecule has 0 saturated heterocycles. The Bertz CT molecular complexity index is 2030. The number of aryl methyl sites for hydroxylation is 2. The number of rotatable bonds is 1. The van der Waals surface area contributed by atoms with Crippen LogP contribution in [-0.2, 0) is 0 Å². The van der Waals surface area contributed by atoms with E-state index in [1.807, 2.05) is 26.2 Å². The first kappa shape index (κ1) is 19.3. The van der Waals surface area contributed by atoms with Crippen LogP contribution in [0, 0.1) is 13.8 Å². The van der Waals surface area contributed by atoms with Crippen molar-refractivity contribution < 1.29 is 0 Å². The van der Waals surface area contributed by atoms with Gasteiger partial charge in [0.05, 0.1) is 28.9 Å². The summed E-state index contributed by atoms with van der Waals surface area (Å²) in [6.45, 7) is 3.94. The Morgan fingerprint density at radius 3 is 1.86 bits per heavy atom. The summed E-state index contributed by atoms with van der Waals surface area (Å²) in [6, 6.07) is 13.1. The number of fused-ring (bicyclic) bond motifs is 12. The zero-order valence-corrected chi connectivity index (χ0v) is 19.5. The van der Waals surface area contributed by atoms with Crippen molar-refractivity contribution >= 4 is 65.3 Å². The van der Waals surface area contributed by atoms with Gasteiger partial charge in [0.25, 0.3) is 0 Å². The summed E-state index contributed by atoms with van der Waals surface area (Å²) in [5.74, 6) is 1.75. The SMILES string of the molecule is Cc1nc2c3cnncc3c3cc(-c4ccc5c(c4)c4cncnc4c4nc(C)[nH]c54)ccc3c2[nH]1. The zero-order chi connectivity index (χ0) is 24.0. The quantitative estimate of drug-likeness (QED) is 0.291. The van der Waals surface area contributed by atoms with Gasteiger partial charge in [-0.2, -0.15) is 10.2 Å². The lowest BCUT2D eigenvalue weighted by atomic mass is 9.95. The minimum atomic E-state index is 0.856. The van der Waals surface area contributed by atoms with Gasteiger partial charge < -0.3 is 9.97 Å². The molecule has 8 rings (SSSR count). The van der Waals surface area contributed by atoms with E-state index in [4.69, 9.17) is 9.97 Å². The number of imidazole rings is 2. The van der Waals surface area contributed by atoms with E-state index in [2.05, 4.69) is 66.5 Å². The van der Waals surface area contributed by atoms with Crippen LogP contribution < -0.4 is 0 Å². The minimum absolute atomic E-state index is 0.856. The van der Waals surface area contributed by atoms with E-state index in [0.29, 0.717) is 0 Å². The Morgan fingerprint density at radius 1 is 0.556 bits per heavy atom. The number of aromatic amines is 2. The highest BCUT2D eigenvalue weighted by Crippen LogP contribution is 2.38. The van der Waals surface area contributed by atoms with E-state index < -0.39 is 0 Å². The van der Waals surface area contributed by atoms with E-state index in [-0.39, 0.29) is 0 Å². The Kier molecular flexibility index (Phi) is 3.65. The fraction of sp³-hybridized carbons (Fsp3) is 0.0714. The topological polar surface area (TPSA) is 109 Å². The summed E-state index contributed by atoms with van der Waals surface area (Å²) in [4.78, 5) is 25.2. The fourth-order valence-corrected chi connectivity index (χ4v) is 5.51. The van der Waals surface area contributed by atoms with Crippen LogP contribution in [0.25, 0.3) is 76.4 Å². The number of H-pyrrole nitrogens is 2. The molecule has 0 spiro atoms. The van der Waals surface area contributed by atoms with Crippen molar-refractivity contribution in [2.45, 2.75) is 13.8 Å². The molecule has 0 unspecified atom stereocenters. The van der Waals surface area contributed by atoms with Gasteiger partial charge in [0.1, 0.15) is 29.0 Å². The maximum absolute atomic E-state index is 4.72. The van der Waals surface area contributed by atoms with Crippen LogP contribution in [0.4, 0.5) is 0 Å². The van der Waals surface area contributed by atoms with E-state index in [9.17, 15) is 0 Å². The standard InChI is InChI=1S/C28H18N8/c1-13-33-25-17-5-3-15(7-19(17)21-10-31-32-11-23(21)27(25)35-13)16-4-6-18-20(8-16)22-9-29-12-30-24(22)28-26(18)34-14(2)36-28/h3-12H,1-2H3,(H,33,35)(H,34,36). The van der Waals surface area contributed by atoms with Crippen LogP contribution in [0.3, 0.4) is 0 Å². The van der Waals surface area contributed by atoms with E-state index >= 15 is 0 Å². The maximum atomic E-state index is 4.72. The number of aromatic nitrogens is 8. The molecule has 0 amide bonds. The fourth-order valence-electron chi connectivity index (χ4n) is 5.51. The van der Waals surface area contributed by atoms with Crippen molar-refractivity contribution in [1.82, 2.24) is 40.1 Å². The number of hydrogen-bond donors (Lipinski definition) is 2. The van der Waals surface area contributed by atoms with Crippen molar-refractivity contribution in [2.75, 3.05) is 0 Å². The van der Waals surface area contributed by atoms with Crippen LogP contribution in [0.15, 0.2) is 61.3 Å². The molecular formula is C28H18N8. The molecule has 2 N–H and O–H groups in total. The molecule has 4 aromatic heterocycles.